The van der Waals surface area contributed by atoms with E-state index in [2.05, 4.69) is 50.4 Å². The lowest BCUT2D eigenvalue weighted by molar-refractivity contribution is 0.489. The molecule has 0 rings (SSSR count). The van der Waals surface area contributed by atoms with Crippen molar-refractivity contribution in [1.82, 2.24) is 9.13 Å². The second-order valence-corrected chi connectivity index (χ2v) is 8.13. The molecule has 0 aliphatic carbocycles. The second-order valence-electron chi connectivity index (χ2n) is 3.50. The summed E-state index contributed by atoms with van der Waals surface area (Å²) in [6.07, 6.45) is 2.02. The molecule has 0 saturated carbocycles. The Bertz CT molecular complexity index is 124. The van der Waals surface area contributed by atoms with Crippen LogP contribution in [0, 0.1) is 0 Å². The van der Waals surface area contributed by atoms with Gasteiger partial charge in [-0.05, 0) is 40.8 Å². The van der Waals surface area contributed by atoms with Gasteiger partial charge in [0.2, 0.25) is 8.40 Å². The Balaban J connectivity index is 4.37. The molecule has 0 aromatic carbocycles. The van der Waals surface area contributed by atoms with Gasteiger partial charge in [-0.25, -0.2) is 0 Å². The first kappa shape index (κ1) is 10.9. The fraction of sp³-hybridized carbons (Fsp3) is 0.750. The fourth-order valence-electron chi connectivity index (χ4n) is 1.04. The van der Waals surface area contributed by atoms with Crippen molar-refractivity contribution < 1.29 is 0 Å². The first-order valence-corrected chi connectivity index (χ1v) is 6.51. The van der Waals surface area contributed by atoms with E-state index in [1.54, 1.807) is 0 Å². The van der Waals surface area contributed by atoms with Gasteiger partial charge in [0.15, 0.2) is 0 Å². The van der Waals surface area contributed by atoms with Crippen LogP contribution in [-0.4, -0.2) is 45.7 Å². The molecule has 3 heteroatoms. The summed E-state index contributed by atoms with van der Waals surface area (Å²) in [5.74, 6) is 0. The normalized spacial score (nSPS) is 12.6. The van der Waals surface area contributed by atoms with Gasteiger partial charge >= 0.3 is 0 Å². The van der Waals surface area contributed by atoms with Gasteiger partial charge in [0.25, 0.3) is 0 Å². The van der Waals surface area contributed by atoms with Crippen LogP contribution < -0.4 is 0 Å². The largest absolute Gasteiger partial charge is 0.317 e. The van der Waals surface area contributed by atoms with E-state index in [9.17, 15) is 0 Å². The number of rotatable bonds is 4. The lowest BCUT2D eigenvalue weighted by Crippen LogP contribution is -2.57. The molecule has 0 N–H and O–H groups in total. The highest BCUT2D eigenvalue weighted by Gasteiger charge is 2.31. The minimum atomic E-state index is -1.36. The van der Waals surface area contributed by atoms with E-state index in [0.717, 1.165) is 6.04 Å². The number of hydrogen-bond acceptors (Lipinski definition) is 2. The van der Waals surface area contributed by atoms with Gasteiger partial charge in [0.1, 0.15) is 0 Å². The molecule has 0 bridgehead atoms. The highest BCUT2D eigenvalue weighted by molar-refractivity contribution is 6.73. The summed E-state index contributed by atoms with van der Waals surface area (Å²) in [7, 11) is 7.24. The Morgan fingerprint density at radius 3 is 1.64 bits per heavy atom. The maximum absolute atomic E-state index is 3.79. The van der Waals surface area contributed by atoms with Gasteiger partial charge in [0, 0.05) is 0 Å². The van der Waals surface area contributed by atoms with Gasteiger partial charge in [0.05, 0.1) is 0 Å². The van der Waals surface area contributed by atoms with Crippen molar-refractivity contribution in [2.45, 2.75) is 12.6 Å². The number of allylic oxidation sites excluding steroid dienone is 1. The zero-order valence-electron chi connectivity index (χ0n) is 8.39. The molecule has 0 aromatic heterocycles. The molecule has 0 aliphatic heterocycles. The summed E-state index contributed by atoms with van der Waals surface area (Å²) < 4.78 is 4.68. The second kappa shape index (κ2) is 4.04. The molecule has 0 aromatic rings. The molecule has 0 heterocycles. The zero-order valence-corrected chi connectivity index (χ0v) is 9.39. The SMILES string of the molecule is C=CC[Si](C)(N(C)C)N(C)C. The van der Waals surface area contributed by atoms with E-state index in [1.807, 2.05) is 6.08 Å². The maximum Gasteiger partial charge on any atom is 0.206 e. The van der Waals surface area contributed by atoms with E-state index in [0.29, 0.717) is 0 Å². The first-order chi connectivity index (χ1) is 4.95. The van der Waals surface area contributed by atoms with E-state index in [4.69, 9.17) is 0 Å². The summed E-state index contributed by atoms with van der Waals surface area (Å²) >= 11 is 0. The smallest absolute Gasteiger partial charge is 0.206 e. The van der Waals surface area contributed by atoms with Crippen molar-refractivity contribution in [2.24, 2.45) is 0 Å². The van der Waals surface area contributed by atoms with Crippen molar-refractivity contribution in [3.63, 3.8) is 0 Å². The quantitative estimate of drug-likeness (QED) is 0.467. The van der Waals surface area contributed by atoms with E-state index in [1.165, 1.54) is 0 Å². The molecular formula is C8H20N2Si. The number of nitrogens with zero attached hydrogens (tertiary/aromatic N) is 2. The monoisotopic (exact) mass is 172 g/mol. The minimum absolute atomic E-state index is 1.12. The van der Waals surface area contributed by atoms with Gasteiger partial charge in [-0.2, -0.15) is 0 Å². The molecule has 0 atom stereocenters. The Morgan fingerprint density at radius 2 is 1.55 bits per heavy atom. The predicted molar refractivity (Wildman–Crippen MR) is 54.0 cm³/mol. The molecule has 0 fully saturated rings. The summed E-state index contributed by atoms with van der Waals surface area (Å²) in [5, 5.41) is 0. The lowest BCUT2D eigenvalue weighted by Gasteiger charge is -2.38. The van der Waals surface area contributed by atoms with Crippen LogP contribution in [-0.2, 0) is 0 Å². The van der Waals surface area contributed by atoms with E-state index in [-0.39, 0.29) is 0 Å². The average Bonchev–Trinajstić information content (AvgIpc) is 1.87. The Kier molecular flexibility index (Phi) is 4.00. The molecule has 0 amide bonds. The van der Waals surface area contributed by atoms with E-state index >= 15 is 0 Å². The molecule has 0 radical (unpaired) electrons. The average molecular weight is 172 g/mol. The van der Waals surface area contributed by atoms with Gasteiger partial charge in [-0.15, -0.1) is 6.58 Å². The van der Waals surface area contributed by atoms with Crippen molar-refractivity contribution >= 4 is 8.40 Å². The molecule has 0 unspecified atom stereocenters. The fourth-order valence-corrected chi connectivity index (χ4v) is 3.12. The Hall–Kier alpha value is -0.123. The van der Waals surface area contributed by atoms with Crippen LogP contribution in [0.15, 0.2) is 12.7 Å². The van der Waals surface area contributed by atoms with Crippen LogP contribution in [0.3, 0.4) is 0 Å². The van der Waals surface area contributed by atoms with Crippen LogP contribution in [0.4, 0.5) is 0 Å². The highest BCUT2D eigenvalue weighted by Crippen LogP contribution is 2.14. The molecular weight excluding hydrogens is 152 g/mol. The predicted octanol–water partition coefficient (Wildman–Crippen LogP) is 1.37. The van der Waals surface area contributed by atoms with Crippen LogP contribution in [0.5, 0.6) is 0 Å². The van der Waals surface area contributed by atoms with Crippen LogP contribution in [0.2, 0.25) is 12.6 Å². The Labute approximate surface area is 71.7 Å². The number of hydrogen-bond donors (Lipinski definition) is 0. The molecule has 66 valence electrons. The molecule has 0 aliphatic rings. The van der Waals surface area contributed by atoms with Gasteiger partial charge < -0.3 is 9.13 Å². The lowest BCUT2D eigenvalue weighted by atomic mass is 10.8. The van der Waals surface area contributed by atoms with Crippen molar-refractivity contribution in [2.75, 3.05) is 28.2 Å². The third kappa shape index (κ3) is 2.43. The third-order valence-electron chi connectivity index (χ3n) is 2.46. The molecule has 2 nitrogen and oxygen atoms in total. The minimum Gasteiger partial charge on any atom is -0.317 e. The van der Waals surface area contributed by atoms with Gasteiger partial charge in [-0.3, -0.25) is 0 Å². The van der Waals surface area contributed by atoms with Gasteiger partial charge in [-0.1, -0.05) is 6.08 Å². The van der Waals surface area contributed by atoms with Crippen molar-refractivity contribution in [3.05, 3.63) is 12.7 Å². The summed E-state index contributed by atoms with van der Waals surface area (Å²) in [5.41, 5.74) is 0. The third-order valence-corrected chi connectivity index (χ3v) is 7.37. The molecule has 0 spiro atoms. The van der Waals surface area contributed by atoms with Crippen molar-refractivity contribution in [1.29, 1.82) is 0 Å². The zero-order chi connectivity index (χ0) is 9.07. The summed E-state index contributed by atoms with van der Waals surface area (Å²) in [4.78, 5) is 0. The van der Waals surface area contributed by atoms with E-state index < -0.39 is 8.40 Å². The van der Waals surface area contributed by atoms with Crippen molar-refractivity contribution in [3.8, 4) is 0 Å². The van der Waals surface area contributed by atoms with Crippen LogP contribution in [0.25, 0.3) is 0 Å². The van der Waals surface area contributed by atoms with Crippen LogP contribution in [0.1, 0.15) is 0 Å². The Morgan fingerprint density at radius 1 is 1.18 bits per heavy atom. The maximum atomic E-state index is 3.79. The summed E-state index contributed by atoms with van der Waals surface area (Å²) in [6.45, 7) is 6.13. The highest BCUT2D eigenvalue weighted by atomic mass is 28.3. The molecule has 0 saturated heterocycles. The topological polar surface area (TPSA) is 6.48 Å². The first-order valence-electron chi connectivity index (χ1n) is 3.91. The molecule has 11 heavy (non-hydrogen) atoms. The standard InChI is InChI=1S/C8H20N2Si/c1-7-8-11(6,9(2)3)10(4)5/h7H,1,8H2,2-6H3. The summed E-state index contributed by atoms with van der Waals surface area (Å²) in [6, 6.07) is 1.12. The van der Waals surface area contributed by atoms with Crippen LogP contribution >= 0.6 is 0 Å².